The lowest BCUT2D eigenvalue weighted by atomic mass is 10.1. The maximum absolute atomic E-state index is 12.4. The molecule has 21 heavy (non-hydrogen) atoms. The third-order valence-corrected chi connectivity index (χ3v) is 3.58. The van der Waals surface area contributed by atoms with Crippen LogP contribution in [0, 0.1) is 0 Å². The molecule has 1 fully saturated rings. The molecule has 0 aliphatic carbocycles. The average Bonchev–Trinajstić information content (AvgIpc) is 2.56. The van der Waals surface area contributed by atoms with Crippen LogP contribution < -0.4 is 5.01 Å². The summed E-state index contributed by atoms with van der Waals surface area (Å²) in [7, 11) is 0. The van der Waals surface area contributed by atoms with Crippen LogP contribution in [0.2, 0.25) is 0 Å². The van der Waals surface area contributed by atoms with Crippen LogP contribution >= 0.6 is 0 Å². The molecule has 2 aliphatic heterocycles. The van der Waals surface area contributed by atoms with Gasteiger partial charge in [0.1, 0.15) is 5.71 Å². The number of ether oxygens (including phenoxy) is 1. The zero-order valence-corrected chi connectivity index (χ0v) is 11.7. The Morgan fingerprint density at radius 3 is 2.52 bits per heavy atom. The Hall–Kier alpha value is -2.21. The van der Waals surface area contributed by atoms with Gasteiger partial charge in [0.15, 0.2) is 0 Å². The summed E-state index contributed by atoms with van der Waals surface area (Å²) in [4.78, 5) is 26.2. The Bertz CT molecular complexity index is 565. The van der Waals surface area contributed by atoms with Gasteiger partial charge in [0.2, 0.25) is 5.91 Å². The van der Waals surface area contributed by atoms with Crippen LogP contribution in [0.4, 0.5) is 5.69 Å². The van der Waals surface area contributed by atoms with Crippen LogP contribution in [0.5, 0.6) is 0 Å². The summed E-state index contributed by atoms with van der Waals surface area (Å²) in [6.07, 6.45) is 0.710. The largest absolute Gasteiger partial charge is 0.378 e. The van der Waals surface area contributed by atoms with Crippen LogP contribution in [-0.4, -0.2) is 48.7 Å². The van der Waals surface area contributed by atoms with E-state index in [1.807, 2.05) is 30.3 Å². The topological polar surface area (TPSA) is 62.2 Å². The van der Waals surface area contributed by atoms with Crippen LogP contribution in [-0.2, 0) is 14.3 Å². The highest BCUT2D eigenvalue weighted by Gasteiger charge is 2.28. The first-order valence-electron chi connectivity index (χ1n) is 7.08. The van der Waals surface area contributed by atoms with E-state index in [9.17, 15) is 9.59 Å². The van der Waals surface area contributed by atoms with E-state index >= 15 is 0 Å². The molecule has 1 aromatic rings. The van der Waals surface area contributed by atoms with Gasteiger partial charge in [0.05, 0.1) is 18.9 Å². The Balaban J connectivity index is 1.82. The van der Waals surface area contributed by atoms with E-state index in [1.54, 1.807) is 4.90 Å². The second-order valence-corrected chi connectivity index (χ2v) is 4.99. The molecule has 6 nitrogen and oxygen atoms in total. The van der Waals surface area contributed by atoms with Crippen molar-refractivity contribution in [1.29, 1.82) is 0 Å². The van der Waals surface area contributed by atoms with Crippen molar-refractivity contribution in [3.05, 3.63) is 30.3 Å². The van der Waals surface area contributed by atoms with Crippen LogP contribution in [0.3, 0.4) is 0 Å². The molecule has 0 unspecified atom stereocenters. The first kappa shape index (κ1) is 13.8. The smallest absolute Gasteiger partial charge is 0.270 e. The van der Waals surface area contributed by atoms with Gasteiger partial charge in [-0.2, -0.15) is 5.10 Å². The van der Waals surface area contributed by atoms with Crippen molar-refractivity contribution in [2.75, 3.05) is 31.3 Å². The average molecular weight is 287 g/mol. The van der Waals surface area contributed by atoms with Crippen molar-refractivity contribution in [2.24, 2.45) is 5.10 Å². The van der Waals surface area contributed by atoms with Gasteiger partial charge < -0.3 is 9.64 Å². The molecule has 0 N–H and O–H groups in total. The van der Waals surface area contributed by atoms with Gasteiger partial charge in [-0.3, -0.25) is 9.59 Å². The van der Waals surface area contributed by atoms with Crippen molar-refractivity contribution < 1.29 is 14.3 Å². The highest BCUT2D eigenvalue weighted by atomic mass is 16.5. The Kier molecular flexibility index (Phi) is 3.96. The molecule has 110 valence electrons. The van der Waals surface area contributed by atoms with E-state index in [-0.39, 0.29) is 11.8 Å². The van der Waals surface area contributed by atoms with E-state index in [0.29, 0.717) is 50.5 Å². The van der Waals surface area contributed by atoms with Gasteiger partial charge >= 0.3 is 0 Å². The first-order valence-corrected chi connectivity index (χ1v) is 7.08. The number of hydrogen-bond donors (Lipinski definition) is 0. The summed E-state index contributed by atoms with van der Waals surface area (Å²) < 4.78 is 5.25. The maximum atomic E-state index is 12.4. The van der Waals surface area contributed by atoms with Crippen LogP contribution in [0.25, 0.3) is 0 Å². The molecule has 0 saturated carbocycles. The fraction of sp³-hybridized carbons (Fsp3) is 0.400. The molecule has 2 amide bonds. The van der Waals surface area contributed by atoms with Gasteiger partial charge in [-0.15, -0.1) is 0 Å². The third kappa shape index (κ3) is 2.95. The highest BCUT2D eigenvalue weighted by Crippen LogP contribution is 2.20. The molecule has 2 heterocycles. The molecule has 6 heteroatoms. The van der Waals surface area contributed by atoms with Crippen molar-refractivity contribution in [3.63, 3.8) is 0 Å². The fourth-order valence-electron chi connectivity index (χ4n) is 2.43. The number of amides is 2. The summed E-state index contributed by atoms with van der Waals surface area (Å²) >= 11 is 0. The quantitative estimate of drug-likeness (QED) is 0.816. The fourth-order valence-corrected chi connectivity index (χ4v) is 2.43. The first-order chi connectivity index (χ1) is 10.3. The molecule has 0 spiro atoms. The molecule has 2 aliphatic rings. The lowest BCUT2D eigenvalue weighted by molar-refractivity contribution is -0.128. The predicted molar refractivity (Wildman–Crippen MR) is 78.0 cm³/mol. The normalized spacial score (nSPS) is 19.4. The molecule has 3 rings (SSSR count). The number of carbonyl (C=O) groups is 2. The molecular formula is C15H17N3O3. The summed E-state index contributed by atoms with van der Waals surface area (Å²) in [5.74, 6) is -0.175. The number of morpholine rings is 1. The monoisotopic (exact) mass is 287 g/mol. The van der Waals surface area contributed by atoms with Gasteiger partial charge in [-0.05, 0) is 12.1 Å². The number of hydrazone groups is 1. The molecule has 0 aromatic heterocycles. The molecule has 1 aromatic carbocycles. The number of carbonyl (C=O) groups excluding carboxylic acids is 2. The third-order valence-electron chi connectivity index (χ3n) is 3.58. The standard InChI is InChI=1S/C15H17N3O3/c19-14-7-6-13(15(20)17-8-10-21-11-9-17)16-18(14)12-4-2-1-3-5-12/h1-5H,6-11H2. The number of anilines is 1. The van der Waals surface area contributed by atoms with Crippen molar-refractivity contribution in [2.45, 2.75) is 12.8 Å². The number of hydrogen-bond acceptors (Lipinski definition) is 4. The van der Waals surface area contributed by atoms with Crippen molar-refractivity contribution in [3.8, 4) is 0 Å². The van der Waals surface area contributed by atoms with Crippen LogP contribution in [0.15, 0.2) is 35.4 Å². The predicted octanol–water partition coefficient (Wildman–Crippen LogP) is 1.03. The highest BCUT2D eigenvalue weighted by molar-refractivity contribution is 6.40. The Morgan fingerprint density at radius 1 is 1.10 bits per heavy atom. The SMILES string of the molecule is O=C(C1=NN(c2ccccc2)C(=O)CC1)N1CCOCC1. The van der Waals surface area contributed by atoms with E-state index in [2.05, 4.69) is 5.10 Å². The lowest BCUT2D eigenvalue weighted by Gasteiger charge is -2.29. The van der Waals surface area contributed by atoms with Crippen molar-refractivity contribution in [1.82, 2.24) is 4.90 Å². The summed E-state index contributed by atoms with van der Waals surface area (Å²) in [6.45, 7) is 2.27. The summed E-state index contributed by atoms with van der Waals surface area (Å²) in [5, 5.41) is 5.61. The van der Waals surface area contributed by atoms with E-state index in [4.69, 9.17) is 4.74 Å². The second-order valence-electron chi connectivity index (χ2n) is 4.99. The number of nitrogens with zero attached hydrogens (tertiary/aromatic N) is 3. The number of para-hydroxylation sites is 1. The number of rotatable bonds is 2. The maximum Gasteiger partial charge on any atom is 0.270 e. The number of benzene rings is 1. The van der Waals surface area contributed by atoms with E-state index in [1.165, 1.54) is 5.01 Å². The van der Waals surface area contributed by atoms with E-state index < -0.39 is 0 Å². The van der Waals surface area contributed by atoms with Gasteiger partial charge in [0, 0.05) is 25.9 Å². The van der Waals surface area contributed by atoms with E-state index in [0.717, 1.165) is 0 Å². The summed E-state index contributed by atoms with van der Waals surface area (Å²) in [6, 6.07) is 9.18. The summed E-state index contributed by atoms with van der Waals surface area (Å²) in [5.41, 5.74) is 1.13. The lowest BCUT2D eigenvalue weighted by Crippen LogP contribution is -2.46. The Labute approximate surface area is 123 Å². The van der Waals surface area contributed by atoms with Crippen molar-refractivity contribution >= 4 is 23.2 Å². The molecule has 0 atom stereocenters. The zero-order valence-electron chi connectivity index (χ0n) is 11.7. The van der Waals surface area contributed by atoms with Crippen LogP contribution in [0.1, 0.15) is 12.8 Å². The Morgan fingerprint density at radius 2 is 1.81 bits per heavy atom. The molecule has 1 saturated heterocycles. The molecular weight excluding hydrogens is 270 g/mol. The molecule has 0 bridgehead atoms. The minimum atomic E-state index is -0.0910. The minimum Gasteiger partial charge on any atom is -0.378 e. The minimum absolute atomic E-state index is 0.0836. The van der Waals surface area contributed by atoms with Gasteiger partial charge in [-0.1, -0.05) is 18.2 Å². The molecule has 0 radical (unpaired) electrons. The second kappa shape index (κ2) is 6.05. The van der Waals surface area contributed by atoms with Gasteiger partial charge in [-0.25, -0.2) is 5.01 Å². The zero-order chi connectivity index (χ0) is 14.7. The van der Waals surface area contributed by atoms with Gasteiger partial charge in [0.25, 0.3) is 5.91 Å².